The van der Waals surface area contributed by atoms with Gasteiger partial charge in [-0.1, -0.05) is 6.07 Å². The van der Waals surface area contributed by atoms with Crippen LogP contribution in [0.2, 0.25) is 0 Å². The van der Waals surface area contributed by atoms with Crippen molar-refractivity contribution in [1.82, 2.24) is 15.1 Å². The van der Waals surface area contributed by atoms with E-state index in [0.717, 1.165) is 18.2 Å². The number of phenolic OH excluding ortho intramolecular Hbond substituents is 1. The van der Waals surface area contributed by atoms with E-state index in [9.17, 15) is 19.5 Å². The van der Waals surface area contributed by atoms with E-state index in [0.29, 0.717) is 24.1 Å². The van der Waals surface area contributed by atoms with Crippen LogP contribution in [0.25, 0.3) is 6.08 Å². The summed E-state index contributed by atoms with van der Waals surface area (Å²) in [5.41, 5.74) is 1.05. The van der Waals surface area contributed by atoms with Crippen LogP contribution in [0, 0.1) is 6.92 Å². The number of rotatable bonds is 4. The van der Waals surface area contributed by atoms with Crippen LogP contribution in [0.15, 0.2) is 38.1 Å². The summed E-state index contributed by atoms with van der Waals surface area (Å²) >= 11 is 13.2. The van der Waals surface area contributed by atoms with Crippen LogP contribution in [0.4, 0.5) is 16.2 Å². The Hall–Kier alpha value is -2.56. The molecule has 1 aromatic heterocycles. The summed E-state index contributed by atoms with van der Waals surface area (Å²) in [6, 6.07) is 4.42. The number of nitrogens with zero attached hydrogens (tertiary/aromatic N) is 3. The molecule has 3 N–H and O–H groups in total. The van der Waals surface area contributed by atoms with E-state index in [1.54, 1.807) is 13.0 Å². The highest BCUT2D eigenvalue weighted by Crippen LogP contribution is 2.35. The molecule has 1 aromatic carbocycles. The number of aromatic nitrogens is 2. The first-order valence-electron chi connectivity index (χ1n) is 9.82. The third-order valence-electron chi connectivity index (χ3n) is 5.29. The molecule has 1 saturated heterocycles. The average molecular weight is 496 g/mol. The van der Waals surface area contributed by atoms with Gasteiger partial charge in [0.25, 0.3) is 16.7 Å². The minimum Gasteiger partial charge on any atom is -0.506 e. The van der Waals surface area contributed by atoms with Gasteiger partial charge >= 0.3 is 0 Å². The van der Waals surface area contributed by atoms with Gasteiger partial charge in [-0.2, -0.15) is 0 Å². The van der Waals surface area contributed by atoms with Crippen molar-refractivity contribution in [3.8, 4) is 5.75 Å². The molecular formula is C20H19Cl2N5O4S. The first-order valence-corrected chi connectivity index (χ1v) is 11.5. The van der Waals surface area contributed by atoms with Crippen LogP contribution in [0.5, 0.6) is 5.75 Å². The van der Waals surface area contributed by atoms with Crippen LogP contribution in [0.1, 0.15) is 36.6 Å². The van der Waals surface area contributed by atoms with E-state index in [1.807, 2.05) is 0 Å². The predicted octanol–water partition coefficient (Wildman–Crippen LogP) is 4.87. The quantitative estimate of drug-likeness (QED) is 0.316. The predicted molar refractivity (Wildman–Crippen MR) is 123 cm³/mol. The molecule has 3 atom stereocenters. The lowest BCUT2D eigenvalue weighted by atomic mass is 9.95. The van der Waals surface area contributed by atoms with Gasteiger partial charge in [0.1, 0.15) is 11.4 Å². The number of hydrogen-bond acceptors (Lipinski definition) is 7. The van der Waals surface area contributed by atoms with Crippen molar-refractivity contribution < 1.29 is 14.7 Å². The molecule has 4 rings (SSSR count). The normalized spacial score (nSPS) is 25.1. The van der Waals surface area contributed by atoms with Crippen molar-refractivity contribution in [2.24, 2.45) is 10.2 Å². The van der Waals surface area contributed by atoms with Gasteiger partial charge in [-0.3, -0.25) is 24.8 Å². The van der Waals surface area contributed by atoms with E-state index in [2.05, 4.69) is 20.6 Å². The maximum Gasteiger partial charge on any atom is 0.294 e. The SMILES string of the molecule is Cc1[nH]n(C2CCC(Cl)C(Cl)C2)c(=O)c1N=Nc1ccc(C=C2SC(=O)NC2=O)cc1O. The number of carbonyl (C=O) groups is 2. The summed E-state index contributed by atoms with van der Waals surface area (Å²) in [5.74, 6) is -0.667. The highest BCUT2D eigenvalue weighted by atomic mass is 35.5. The van der Waals surface area contributed by atoms with E-state index >= 15 is 0 Å². The van der Waals surface area contributed by atoms with Crippen molar-refractivity contribution in [3.05, 3.63) is 44.7 Å². The number of phenols is 1. The number of aromatic hydroxyl groups is 1. The largest absolute Gasteiger partial charge is 0.506 e. The molecule has 2 amide bonds. The van der Waals surface area contributed by atoms with E-state index in [1.165, 1.54) is 22.9 Å². The second kappa shape index (κ2) is 9.13. The third-order valence-corrected chi connectivity index (χ3v) is 7.24. The Morgan fingerprint density at radius 2 is 1.97 bits per heavy atom. The topological polar surface area (TPSA) is 129 Å². The van der Waals surface area contributed by atoms with Crippen molar-refractivity contribution in [2.45, 2.75) is 43.0 Å². The van der Waals surface area contributed by atoms with Crippen molar-refractivity contribution in [2.75, 3.05) is 0 Å². The summed E-state index contributed by atoms with van der Waals surface area (Å²) in [4.78, 5) is 36.0. The van der Waals surface area contributed by atoms with Gasteiger partial charge in [0, 0.05) is 0 Å². The zero-order valence-electron chi connectivity index (χ0n) is 16.8. The maximum atomic E-state index is 12.9. The Morgan fingerprint density at radius 3 is 2.62 bits per heavy atom. The molecule has 3 unspecified atom stereocenters. The number of halogens is 2. The molecule has 2 aliphatic rings. The summed E-state index contributed by atoms with van der Waals surface area (Å²) in [7, 11) is 0. The van der Waals surface area contributed by atoms with E-state index < -0.39 is 11.1 Å². The van der Waals surface area contributed by atoms with Gasteiger partial charge in [-0.15, -0.1) is 33.4 Å². The molecular weight excluding hydrogens is 477 g/mol. The van der Waals surface area contributed by atoms with Crippen molar-refractivity contribution >= 4 is 63.6 Å². The molecule has 168 valence electrons. The molecule has 0 radical (unpaired) electrons. The van der Waals surface area contributed by atoms with Crippen LogP contribution in [-0.2, 0) is 4.79 Å². The molecule has 2 heterocycles. The number of thioether (sulfide) groups is 1. The minimum absolute atomic E-state index is 0.0964. The number of aryl methyl sites for hydroxylation is 1. The maximum absolute atomic E-state index is 12.9. The van der Waals surface area contributed by atoms with Gasteiger partial charge in [0.15, 0.2) is 5.69 Å². The van der Waals surface area contributed by atoms with E-state index in [-0.39, 0.29) is 44.4 Å². The number of carbonyl (C=O) groups excluding carboxylic acids is 2. The molecule has 1 saturated carbocycles. The van der Waals surface area contributed by atoms with Gasteiger partial charge in [0.2, 0.25) is 0 Å². The summed E-state index contributed by atoms with van der Waals surface area (Å²) in [6.45, 7) is 1.72. The average Bonchev–Trinajstić information content (AvgIpc) is 3.20. The van der Waals surface area contributed by atoms with Crippen molar-refractivity contribution in [1.29, 1.82) is 0 Å². The fraction of sp³-hybridized carbons (Fsp3) is 0.350. The second-order valence-corrected chi connectivity index (χ2v) is 9.70. The van der Waals surface area contributed by atoms with Gasteiger partial charge < -0.3 is 5.11 Å². The molecule has 32 heavy (non-hydrogen) atoms. The van der Waals surface area contributed by atoms with Gasteiger partial charge in [-0.05, 0) is 61.7 Å². The smallest absolute Gasteiger partial charge is 0.294 e. The summed E-state index contributed by atoms with van der Waals surface area (Å²) in [5, 5.41) is 22.8. The molecule has 2 fully saturated rings. The highest BCUT2D eigenvalue weighted by molar-refractivity contribution is 8.18. The summed E-state index contributed by atoms with van der Waals surface area (Å²) < 4.78 is 1.52. The van der Waals surface area contributed by atoms with Gasteiger partial charge in [-0.25, -0.2) is 4.68 Å². The monoisotopic (exact) mass is 495 g/mol. The van der Waals surface area contributed by atoms with E-state index in [4.69, 9.17) is 23.2 Å². The number of hydrogen-bond donors (Lipinski definition) is 3. The molecule has 1 aliphatic heterocycles. The van der Waals surface area contributed by atoms with Crippen LogP contribution >= 0.6 is 35.0 Å². The fourth-order valence-electron chi connectivity index (χ4n) is 3.62. The molecule has 9 nitrogen and oxygen atoms in total. The standard InChI is InChI=1S/C20H19Cl2N5O4S/c1-9-17(19(30)27(26-9)11-3-4-12(21)13(22)8-11)25-24-14-5-2-10(6-15(14)28)7-16-18(29)23-20(31)32-16/h2,5-7,11-13,26,28H,3-4,8H2,1H3,(H,23,29,31). The number of alkyl halides is 2. The molecule has 12 heteroatoms. The Kier molecular flexibility index (Phi) is 6.45. The lowest BCUT2D eigenvalue weighted by molar-refractivity contribution is -0.115. The number of aromatic amines is 1. The zero-order valence-corrected chi connectivity index (χ0v) is 19.2. The number of azo groups is 1. The number of H-pyrrole nitrogens is 1. The number of imide groups is 1. The molecule has 2 aromatic rings. The van der Waals surface area contributed by atoms with Crippen LogP contribution in [0.3, 0.4) is 0 Å². The lowest BCUT2D eigenvalue weighted by Crippen LogP contribution is -2.32. The summed E-state index contributed by atoms with van der Waals surface area (Å²) in [6.07, 6.45) is 3.51. The second-order valence-electron chi connectivity index (χ2n) is 7.56. The Bertz CT molecular complexity index is 1210. The molecule has 1 aliphatic carbocycles. The Balaban J connectivity index is 1.54. The zero-order chi connectivity index (χ0) is 23.0. The molecule has 0 bridgehead atoms. The number of nitrogens with one attached hydrogen (secondary N) is 2. The minimum atomic E-state index is -0.484. The Labute approximate surface area is 196 Å². The lowest BCUT2D eigenvalue weighted by Gasteiger charge is -2.29. The number of amides is 2. The highest BCUT2D eigenvalue weighted by Gasteiger charge is 2.30. The van der Waals surface area contributed by atoms with Crippen LogP contribution in [-0.4, -0.2) is 36.8 Å². The van der Waals surface area contributed by atoms with Crippen LogP contribution < -0.4 is 10.9 Å². The molecule has 0 spiro atoms. The third kappa shape index (κ3) is 4.62. The first-order chi connectivity index (χ1) is 15.2. The fourth-order valence-corrected chi connectivity index (χ4v) is 4.86. The number of benzene rings is 1. The van der Waals surface area contributed by atoms with Crippen molar-refractivity contribution in [3.63, 3.8) is 0 Å². The first kappa shape index (κ1) is 22.6. The van der Waals surface area contributed by atoms with Gasteiger partial charge in [0.05, 0.1) is 27.4 Å². The Morgan fingerprint density at radius 1 is 1.19 bits per heavy atom.